The van der Waals surface area contributed by atoms with Gasteiger partial charge in [0.1, 0.15) is 11.4 Å². The number of nitrogens with zero attached hydrogens (tertiary/aromatic N) is 3. The zero-order valence-corrected chi connectivity index (χ0v) is 25.1. The van der Waals surface area contributed by atoms with Crippen LogP contribution in [-0.2, 0) is 4.79 Å². The Hall–Kier alpha value is -4.67. The summed E-state index contributed by atoms with van der Waals surface area (Å²) >= 11 is 0. The Morgan fingerprint density at radius 2 is 1.64 bits per heavy atom. The SMILES string of the molecule is CC(C)(C)[C@H](CC(=O)c1cc2ccccc2[nH]1)C(=O)N1C[C@@H]2C[C@H]1CN2C(=O)c1ccc(-c2ccccc2OC(F)(F)F)cn1. The Labute approximate surface area is 258 Å². The minimum absolute atomic E-state index is 0.0685. The van der Waals surface area contributed by atoms with Gasteiger partial charge in [-0.25, -0.2) is 0 Å². The fourth-order valence-corrected chi connectivity index (χ4v) is 6.41. The lowest BCUT2D eigenvalue weighted by Gasteiger charge is -2.39. The molecule has 0 radical (unpaired) electrons. The monoisotopic (exact) mass is 618 g/mol. The van der Waals surface area contributed by atoms with Crippen molar-refractivity contribution < 1.29 is 32.3 Å². The third-order valence-electron chi connectivity index (χ3n) is 8.75. The maximum Gasteiger partial charge on any atom is 0.573 e. The van der Waals surface area contributed by atoms with Crippen LogP contribution in [0.1, 0.15) is 54.6 Å². The first-order chi connectivity index (χ1) is 21.3. The van der Waals surface area contributed by atoms with Crippen LogP contribution in [-0.4, -0.2) is 68.9 Å². The van der Waals surface area contributed by atoms with Gasteiger partial charge in [0.2, 0.25) is 5.91 Å². The summed E-state index contributed by atoms with van der Waals surface area (Å²) in [6.45, 7) is 6.58. The summed E-state index contributed by atoms with van der Waals surface area (Å²) in [4.78, 5) is 51.6. The number of piperazine rings is 1. The third kappa shape index (κ3) is 6.16. The van der Waals surface area contributed by atoms with Gasteiger partial charge in [-0.1, -0.05) is 63.2 Å². The van der Waals surface area contributed by atoms with Crippen LogP contribution >= 0.6 is 0 Å². The van der Waals surface area contributed by atoms with Crippen molar-refractivity contribution in [1.29, 1.82) is 0 Å². The largest absolute Gasteiger partial charge is 0.573 e. The van der Waals surface area contributed by atoms with Crippen LogP contribution in [0.5, 0.6) is 5.75 Å². The summed E-state index contributed by atoms with van der Waals surface area (Å²) in [5, 5.41) is 0.936. The number of benzene rings is 2. The van der Waals surface area contributed by atoms with Crippen molar-refractivity contribution in [1.82, 2.24) is 19.8 Å². The highest BCUT2D eigenvalue weighted by Crippen LogP contribution is 2.38. The van der Waals surface area contributed by atoms with E-state index in [1.807, 2.05) is 56.0 Å². The molecule has 4 heterocycles. The van der Waals surface area contributed by atoms with E-state index in [1.54, 1.807) is 17.0 Å². The summed E-state index contributed by atoms with van der Waals surface area (Å²) in [6, 6.07) is 17.9. The molecule has 45 heavy (non-hydrogen) atoms. The fraction of sp³-hybridized carbons (Fsp3) is 0.353. The molecule has 11 heteroatoms. The first-order valence-corrected chi connectivity index (χ1v) is 14.8. The van der Waals surface area contributed by atoms with Crippen LogP contribution in [0.25, 0.3) is 22.0 Å². The second-order valence-corrected chi connectivity index (χ2v) is 12.8. The Bertz CT molecular complexity index is 1730. The molecule has 2 aromatic carbocycles. The molecule has 2 fully saturated rings. The van der Waals surface area contributed by atoms with Gasteiger partial charge in [-0.15, -0.1) is 13.2 Å². The van der Waals surface area contributed by atoms with Crippen molar-refractivity contribution in [2.24, 2.45) is 11.3 Å². The highest BCUT2D eigenvalue weighted by Gasteiger charge is 2.50. The number of H-pyrrole nitrogens is 1. The average Bonchev–Trinajstić information content (AvgIpc) is 3.73. The van der Waals surface area contributed by atoms with Gasteiger partial charge in [0.15, 0.2) is 5.78 Å². The second kappa shape index (κ2) is 11.4. The van der Waals surface area contributed by atoms with E-state index >= 15 is 0 Å². The molecule has 0 spiro atoms. The van der Waals surface area contributed by atoms with E-state index in [0.717, 1.165) is 10.9 Å². The zero-order chi connectivity index (χ0) is 32.1. The molecule has 2 bridgehead atoms. The van der Waals surface area contributed by atoms with E-state index in [0.29, 0.717) is 30.8 Å². The molecule has 3 atom stereocenters. The standard InChI is InChI=1S/C34H33F3N4O4/c1-33(2,3)25(16-29(42)28-14-20-8-4-6-10-26(20)39-28)31(43)40-18-23-15-22(40)19-41(23)32(44)27-13-12-21(17-38-27)24-9-5-7-11-30(24)45-34(35,36)37/h4-14,17,22-23,25,39H,15-16,18-19H2,1-3H3/t22-,23-,25+/m0/s1. The van der Waals surface area contributed by atoms with E-state index in [2.05, 4.69) is 14.7 Å². The average molecular weight is 619 g/mol. The lowest BCUT2D eigenvalue weighted by atomic mass is 9.76. The van der Waals surface area contributed by atoms with Crippen LogP contribution in [0.3, 0.4) is 0 Å². The van der Waals surface area contributed by atoms with E-state index in [-0.39, 0.29) is 53.1 Å². The topological polar surface area (TPSA) is 95.6 Å². The quantitative estimate of drug-likeness (QED) is 0.239. The summed E-state index contributed by atoms with van der Waals surface area (Å²) in [7, 11) is 0. The van der Waals surface area contributed by atoms with Crippen LogP contribution in [0.15, 0.2) is 72.9 Å². The first kappa shape index (κ1) is 30.4. The molecule has 6 rings (SSSR count). The van der Waals surface area contributed by atoms with Gasteiger partial charge in [-0.2, -0.15) is 0 Å². The van der Waals surface area contributed by atoms with Crippen LogP contribution in [0, 0.1) is 11.3 Å². The molecule has 2 aliphatic heterocycles. The molecule has 2 aliphatic rings. The van der Waals surface area contributed by atoms with Crippen LogP contribution in [0.2, 0.25) is 0 Å². The lowest BCUT2D eigenvalue weighted by molar-refractivity contribution is -0.274. The Balaban J connectivity index is 1.12. The van der Waals surface area contributed by atoms with Gasteiger partial charge in [0.05, 0.1) is 23.7 Å². The second-order valence-electron chi connectivity index (χ2n) is 12.8. The molecule has 0 saturated carbocycles. The Morgan fingerprint density at radius 1 is 0.956 bits per heavy atom. The molecule has 0 unspecified atom stereocenters. The number of aromatic amines is 1. The summed E-state index contributed by atoms with van der Waals surface area (Å²) in [6.07, 6.45) is -2.79. The molecule has 234 valence electrons. The van der Waals surface area contributed by atoms with E-state index in [1.165, 1.54) is 30.5 Å². The predicted octanol–water partition coefficient (Wildman–Crippen LogP) is 6.49. The number of aromatic nitrogens is 2. The van der Waals surface area contributed by atoms with E-state index in [4.69, 9.17) is 0 Å². The van der Waals surface area contributed by atoms with Gasteiger partial charge in [0.25, 0.3) is 5.91 Å². The number of ether oxygens (including phenoxy) is 1. The minimum atomic E-state index is -4.84. The van der Waals surface area contributed by atoms with Gasteiger partial charge in [-0.3, -0.25) is 19.4 Å². The van der Waals surface area contributed by atoms with Gasteiger partial charge in [-0.05, 0) is 36.1 Å². The molecule has 0 aliphatic carbocycles. The molecule has 2 saturated heterocycles. The predicted molar refractivity (Wildman–Crippen MR) is 161 cm³/mol. The van der Waals surface area contributed by atoms with E-state index < -0.39 is 17.7 Å². The van der Waals surface area contributed by atoms with Crippen LogP contribution < -0.4 is 4.74 Å². The van der Waals surface area contributed by atoms with Crippen molar-refractivity contribution in [3.05, 3.63) is 84.3 Å². The summed E-state index contributed by atoms with van der Waals surface area (Å²) in [5.74, 6) is -1.42. The molecular formula is C34H33F3N4O4. The number of ketones is 1. The van der Waals surface area contributed by atoms with Gasteiger partial charge in [0, 0.05) is 47.7 Å². The number of likely N-dealkylation sites (tertiary alicyclic amines) is 2. The number of fused-ring (bicyclic) bond motifs is 3. The van der Waals surface area contributed by atoms with Gasteiger partial charge >= 0.3 is 6.36 Å². The number of pyridine rings is 1. The van der Waals surface area contributed by atoms with Crippen molar-refractivity contribution in [3.63, 3.8) is 0 Å². The van der Waals surface area contributed by atoms with E-state index in [9.17, 15) is 27.6 Å². The number of nitrogens with one attached hydrogen (secondary N) is 1. The van der Waals surface area contributed by atoms with Crippen molar-refractivity contribution >= 4 is 28.5 Å². The molecule has 1 N–H and O–H groups in total. The Morgan fingerprint density at radius 3 is 2.29 bits per heavy atom. The van der Waals surface area contributed by atoms with Crippen molar-refractivity contribution in [3.8, 4) is 16.9 Å². The van der Waals surface area contributed by atoms with Gasteiger partial charge < -0.3 is 19.5 Å². The first-order valence-electron chi connectivity index (χ1n) is 14.8. The third-order valence-corrected chi connectivity index (χ3v) is 8.75. The fourth-order valence-electron chi connectivity index (χ4n) is 6.41. The Kier molecular flexibility index (Phi) is 7.66. The number of halogens is 3. The van der Waals surface area contributed by atoms with Crippen LogP contribution in [0.4, 0.5) is 13.2 Å². The molecule has 2 aromatic heterocycles. The summed E-state index contributed by atoms with van der Waals surface area (Å²) in [5.41, 5.74) is 1.62. The molecular weight excluding hydrogens is 585 g/mol. The molecule has 8 nitrogen and oxygen atoms in total. The molecule has 4 aromatic rings. The number of para-hydroxylation sites is 2. The smallest absolute Gasteiger partial charge is 0.405 e. The van der Waals surface area contributed by atoms with Crippen molar-refractivity contribution in [2.75, 3.05) is 13.1 Å². The highest BCUT2D eigenvalue weighted by atomic mass is 19.4. The number of hydrogen-bond donors (Lipinski definition) is 1. The maximum absolute atomic E-state index is 13.9. The van der Waals surface area contributed by atoms with Crippen molar-refractivity contribution in [2.45, 2.75) is 52.1 Å². The summed E-state index contributed by atoms with van der Waals surface area (Å²) < 4.78 is 42.7. The molecule has 2 amide bonds. The number of carbonyl (C=O) groups is 3. The maximum atomic E-state index is 13.9. The number of rotatable bonds is 7. The number of Topliss-reactive ketones (excluding diaryl/α,β-unsaturated/α-hetero) is 1. The zero-order valence-electron chi connectivity index (χ0n) is 25.1. The number of alkyl halides is 3. The normalized spacial score (nSPS) is 18.8. The highest BCUT2D eigenvalue weighted by molar-refractivity contribution is 6.01. The number of carbonyl (C=O) groups excluding carboxylic acids is 3. The number of amides is 2. The minimum Gasteiger partial charge on any atom is -0.405 e. The number of hydrogen-bond acceptors (Lipinski definition) is 5. The lowest BCUT2D eigenvalue weighted by Crippen LogP contribution is -2.53.